The van der Waals surface area contributed by atoms with Gasteiger partial charge in [0.05, 0.1) is 30.6 Å². The van der Waals surface area contributed by atoms with Gasteiger partial charge in [-0.1, -0.05) is 56.6 Å². The van der Waals surface area contributed by atoms with Gasteiger partial charge in [0.15, 0.2) is 0 Å². The van der Waals surface area contributed by atoms with Gasteiger partial charge in [-0.15, -0.1) is 6.58 Å². The molecular formula is C26H41BrN2O6. The lowest BCUT2D eigenvalue weighted by Crippen LogP contribution is -2.63. The van der Waals surface area contributed by atoms with Crippen molar-refractivity contribution in [2.45, 2.75) is 95.5 Å². The maximum atomic E-state index is 14.5. The van der Waals surface area contributed by atoms with Gasteiger partial charge in [0.1, 0.15) is 11.6 Å². The summed E-state index contributed by atoms with van der Waals surface area (Å²) in [5.74, 6) is -3.99. The Morgan fingerprint density at radius 3 is 2.37 bits per heavy atom. The van der Waals surface area contributed by atoms with Crippen LogP contribution in [-0.4, -0.2) is 85.1 Å². The Balaban J connectivity index is 2.18. The molecule has 1 unspecified atom stereocenters. The molecule has 8 nitrogen and oxygen atoms in total. The van der Waals surface area contributed by atoms with E-state index in [4.69, 9.17) is 4.74 Å². The largest absolute Gasteiger partial charge is 0.481 e. The van der Waals surface area contributed by atoms with E-state index in [1.165, 1.54) is 4.90 Å². The van der Waals surface area contributed by atoms with E-state index in [1.807, 2.05) is 27.7 Å². The molecule has 3 rings (SSSR count). The predicted octanol–water partition coefficient (Wildman–Crippen LogP) is 3.07. The molecule has 2 amide bonds. The van der Waals surface area contributed by atoms with E-state index in [-0.39, 0.29) is 35.2 Å². The zero-order chi connectivity index (χ0) is 26.7. The number of aliphatic hydroxyl groups is 1. The second-order valence-electron chi connectivity index (χ2n) is 12.5. The first kappa shape index (κ1) is 28.1. The average Bonchev–Trinajstić information content (AvgIpc) is 3.28. The van der Waals surface area contributed by atoms with Crippen molar-refractivity contribution in [3.05, 3.63) is 12.7 Å². The maximum Gasteiger partial charge on any atom is 0.310 e. The summed E-state index contributed by atoms with van der Waals surface area (Å²) in [6.07, 6.45) is 2.03. The van der Waals surface area contributed by atoms with Crippen LogP contribution in [0.3, 0.4) is 0 Å². The highest BCUT2D eigenvalue weighted by atomic mass is 79.9. The molecule has 7 atom stereocenters. The first-order valence-electron chi connectivity index (χ1n) is 12.4. The monoisotopic (exact) mass is 556 g/mol. The van der Waals surface area contributed by atoms with Crippen LogP contribution in [0.25, 0.3) is 0 Å². The zero-order valence-electron chi connectivity index (χ0n) is 22.0. The SMILES string of the molecule is C=CCN(C(=O)[C@H]1N([C@@H](CO)C(C)C)C(=O)[C@@H]2[C@@H](C(=O)O)[C@@H]3O[C@@]21CC3Br)C(C)(C)CC(C)(C)C. The van der Waals surface area contributed by atoms with E-state index in [0.29, 0.717) is 12.8 Å². The number of alkyl halides is 1. The van der Waals surface area contributed by atoms with Crippen LogP contribution in [0, 0.1) is 23.2 Å². The smallest absolute Gasteiger partial charge is 0.310 e. The fourth-order valence-corrected chi connectivity index (χ4v) is 7.85. The number of likely N-dealkylation sites (tertiary alicyclic amines) is 1. The number of hydrogen-bond acceptors (Lipinski definition) is 5. The van der Waals surface area contributed by atoms with Crippen molar-refractivity contribution in [1.82, 2.24) is 9.80 Å². The normalized spacial score (nSPS) is 33.3. The van der Waals surface area contributed by atoms with Crippen LogP contribution in [0.1, 0.15) is 61.3 Å². The first-order valence-corrected chi connectivity index (χ1v) is 13.4. The van der Waals surface area contributed by atoms with E-state index in [2.05, 4.69) is 43.3 Å². The molecule has 0 aliphatic carbocycles. The van der Waals surface area contributed by atoms with Crippen LogP contribution in [0.15, 0.2) is 12.7 Å². The zero-order valence-corrected chi connectivity index (χ0v) is 23.5. The number of hydrogen-bond donors (Lipinski definition) is 2. The molecule has 3 saturated heterocycles. The van der Waals surface area contributed by atoms with Crippen molar-refractivity contribution < 1.29 is 29.3 Å². The van der Waals surface area contributed by atoms with E-state index < -0.39 is 53.0 Å². The summed E-state index contributed by atoms with van der Waals surface area (Å²) in [4.78, 5) is 43.7. The Hall–Kier alpha value is -1.45. The molecular weight excluding hydrogens is 516 g/mol. The van der Waals surface area contributed by atoms with Gasteiger partial charge in [0, 0.05) is 16.9 Å². The summed E-state index contributed by atoms with van der Waals surface area (Å²) in [7, 11) is 0. The summed E-state index contributed by atoms with van der Waals surface area (Å²) in [5.41, 5.74) is -1.91. The molecule has 198 valence electrons. The van der Waals surface area contributed by atoms with Gasteiger partial charge in [-0.05, 0) is 38.0 Å². The minimum absolute atomic E-state index is 0.0710. The second kappa shape index (κ2) is 9.45. The number of fused-ring (bicyclic) bond motifs is 1. The third-order valence-electron chi connectivity index (χ3n) is 7.83. The second-order valence-corrected chi connectivity index (χ2v) is 13.7. The molecule has 9 heteroatoms. The molecule has 3 fully saturated rings. The number of carboxylic acid groups (broad SMARTS) is 1. The summed E-state index contributed by atoms with van der Waals surface area (Å²) in [5, 5.41) is 20.3. The van der Waals surface area contributed by atoms with Gasteiger partial charge in [-0.3, -0.25) is 14.4 Å². The summed E-state index contributed by atoms with van der Waals surface area (Å²) >= 11 is 3.57. The van der Waals surface area contributed by atoms with Gasteiger partial charge >= 0.3 is 5.97 Å². The molecule has 35 heavy (non-hydrogen) atoms. The highest BCUT2D eigenvalue weighted by Gasteiger charge is 2.77. The van der Waals surface area contributed by atoms with E-state index >= 15 is 0 Å². The Morgan fingerprint density at radius 1 is 1.31 bits per heavy atom. The third-order valence-corrected chi connectivity index (χ3v) is 8.68. The molecule has 2 N–H and O–H groups in total. The van der Waals surface area contributed by atoms with Gasteiger partial charge in [-0.2, -0.15) is 0 Å². The van der Waals surface area contributed by atoms with Gasteiger partial charge in [0.25, 0.3) is 0 Å². The number of carboxylic acids is 1. The Labute approximate surface area is 217 Å². The van der Waals surface area contributed by atoms with Crippen molar-refractivity contribution in [3.8, 4) is 0 Å². The number of aliphatic hydroxyl groups excluding tert-OH is 1. The minimum atomic E-state index is -1.27. The first-order chi connectivity index (χ1) is 16.0. The molecule has 0 aromatic carbocycles. The third kappa shape index (κ3) is 4.57. The number of ether oxygens (including phenoxy) is 1. The highest BCUT2D eigenvalue weighted by molar-refractivity contribution is 9.09. The standard InChI is InChI=1S/C26H41BrN2O6/c1-9-10-28(25(7,8)13-24(4,5)6)22(32)20-26-11-15(27)19(35-26)17(23(33)34)18(26)21(31)29(20)16(12-30)14(2)3/h9,14-20,30H,1,10-13H2,2-8H3,(H,33,34)/t15?,16-,17+,18-,19+,20+,26-/m0/s1. The fourth-order valence-electron chi connectivity index (χ4n) is 6.91. The lowest BCUT2D eigenvalue weighted by atomic mass is 9.70. The topological polar surface area (TPSA) is 107 Å². The summed E-state index contributed by atoms with van der Waals surface area (Å²) in [6.45, 7) is 17.9. The maximum absolute atomic E-state index is 14.5. The van der Waals surface area contributed by atoms with Crippen molar-refractivity contribution in [2.24, 2.45) is 23.2 Å². The predicted molar refractivity (Wildman–Crippen MR) is 136 cm³/mol. The van der Waals surface area contributed by atoms with Crippen molar-refractivity contribution in [1.29, 1.82) is 0 Å². The average molecular weight is 558 g/mol. The van der Waals surface area contributed by atoms with Crippen molar-refractivity contribution in [3.63, 3.8) is 0 Å². The quantitative estimate of drug-likeness (QED) is 0.334. The number of aliphatic carboxylic acids is 1. The Bertz CT molecular complexity index is 884. The summed E-state index contributed by atoms with van der Waals surface area (Å²) in [6, 6.07) is -1.67. The number of halogens is 1. The van der Waals surface area contributed by atoms with Gasteiger partial charge in [-0.25, -0.2) is 0 Å². The van der Waals surface area contributed by atoms with Crippen molar-refractivity contribution in [2.75, 3.05) is 13.2 Å². The van der Waals surface area contributed by atoms with E-state index in [0.717, 1.165) is 0 Å². The molecule has 2 bridgehead atoms. The van der Waals surface area contributed by atoms with Crippen LogP contribution < -0.4 is 0 Å². The van der Waals surface area contributed by atoms with E-state index in [9.17, 15) is 24.6 Å². The molecule has 0 aromatic heterocycles. The number of carbonyl (C=O) groups is 3. The lowest BCUT2D eigenvalue weighted by Gasteiger charge is -2.47. The van der Waals surface area contributed by atoms with Gasteiger partial charge in [0.2, 0.25) is 11.8 Å². The van der Waals surface area contributed by atoms with Crippen LogP contribution in [0.5, 0.6) is 0 Å². The van der Waals surface area contributed by atoms with Crippen molar-refractivity contribution >= 4 is 33.7 Å². The Morgan fingerprint density at radius 2 is 1.91 bits per heavy atom. The molecule has 1 spiro atoms. The summed E-state index contributed by atoms with van der Waals surface area (Å²) < 4.78 is 6.38. The van der Waals surface area contributed by atoms with E-state index in [1.54, 1.807) is 11.0 Å². The Kier molecular flexibility index (Phi) is 7.60. The molecule has 0 saturated carbocycles. The molecule has 0 aromatic rings. The minimum Gasteiger partial charge on any atom is -0.481 e. The fraction of sp³-hybridized carbons (Fsp3) is 0.808. The van der Waals surface area contributed by atoms with Crippen LogP contribution in [0.4, 0.5) is 0 Å². The van der Waals surface area contributed by atoms with Crippen LogP contribution >= 0.6 is 15.9 Å². The molecule has 3 aliphatic rings. The molecule has 3 aliphatic heterocycles. The number of nitrogens with zero attached hydrogens (tertiary/aromatic N) is 2. The van der Waals surface area contributed by atoms with Gasteiger partial charge < -0.3 is 24.7 Å². The van der Waals surface area contributed by atoms with Crippen LogP contribution in [0.2, 0.25) is 0 Å². The number of rotatable bonds is 9. The molecule has 0 radical (unpaired) electrons. The number of carbonyl (C=O) groups excluding carboxylic acids is 2. The number of amides is 2. The molecule has 3 heterocycles. The lowest BCUT2D eigenvalue weighted by molar-refractivity contribution is -0.157. The highest BCUT2D eigenvalue weighted by Crippen LogP contribution is 2.61. The van der Waals surface area contributed by atoms with Crippen LogP contribution in [-0.2, 0) is 19.1 Å².